The molecule has 4 nitrogen and oxygen atoms in total. The van der Waals surface area contributed by atoms with Crippen molar-refractivity contribution in [1.29, 1.82) is 0 Å². The van der Waals surface area contributed by atoms with Gasteiger partial charge >= 0.3 is 0 Å². The highest BCUT2D eigenvalue weighted by molar-refractivity contribution is 7.22. The van der Waals surface area contributed by atoms with Crippen molar-refractivity contribution >= 4 is 44.2 Å². The molecule has 0 aliphatic rings. The molecule has 4 rings (SSSR count). The Morgan fingerprint density at radius 2 is 1.83 bits per heavy atom. The van der Waals surface area contributed by atoms with E-state index in [1.165, 1.54) is 11.3 Å². The van der Waals surface area contributed by atoms with Crippen LogP contribution >= 0.6 is 22.9 Å². The quantitative estimate of drug-likeness (QED) is 0.371. The van der Waals surface area contributed by atoms with E-state index in [0.29, 0.717) is 28.9 Å². The highest BCUT2D eigenvalue weighted by atomic mass is 35.5. The van der Waals surface area contributed by atoms with Crippen molar-refractivity contribution in [2.75, 3.05) is 11.5 Å². The van der Waals surface area contributed by atoms with E-state index < -0.39 is 0 Å². The van der Waals surface area contributed by atoms with E-state index in [0.717, 1.165) is 21.5 Å². The number of thiazole rings is 1. The Labute approximate surface area is 178 Å². The maximum Gasteiger partial charge on any atom is 0.260 e. The van der Waals surface area contributed by atoms with Gasteiger partial charge in [0.1, 0.15) is 5.75 Å². The number of hydrogen-bond acceptors (Lipinski definition) is 4. The molecule has 0 bridgehead atoms. The average molecular weight is 423 g/mol. The highest BCUT2D eigenvalue weighted by Crippen LogP contribution is 2.33. The number of carbonyl (C=O) groups excluding carboxylic acids is 1. The van der Waals surface area contributed by atoms with Gasteiger partial charge in [-0.1, -0.05) is 53.3 Å². The molecule has 1 heterocycles. The van der Waals surface area contributed by atoms with Crippen molar-refractivity contribution < 1.29 is 9.53 Å². The molecule has 29 heavy (non-hydrogen) atoms. The van der Waals surface area contributed by atoms with Crippen LogP contribution in [-0.2, 0) is 6.54 Å². The van der Waals surface area contributed by atoms with Crippen molar-refractivity contribution in [2.24, 2.45) is 0 Å². The number of hydrogen-bond donors (Lipinski definition) is 0. The lowest BCUT2D eigenvalue weighted by atomic mass is 10.1. The third-order valence-corrected chi connectivity index (χ3v) is 5.70. The summed E-state index contributed by atoms with van der Waals surface area (Å²) in [6.45, 7) is 2.99. The predicted molar refractivity (Wildman–Crippen MR) is 119 cm³/mol. The molecule has 4 aromatic rings. The molecule has 0 saturated heterocycles. The Balaban J connectivity index is 1.73. The number of rotatable bonds is 6. The van der Waals surface area contributed by atoms with Gasteiger partial charge in [-0.05, 0) is 55.0 Å². The average Bonchev–Trinajstić information content (AvgIpc) is 3.16. The first-order chi connectivity index (χ1) is 14.1. The number of ether oxygens (including phenoxy) is 1. The van der Waals surface area contributed by atoms with Crippen LogP contribution in [0.15, 0.2) is 72.8 Å². The number of carbonyl (C=O) groups is 1. The van der Waals surface area contributed by atoms with Crippen molar-refractivity contribution in [2.45, 2.75) is 13.5 Å². The Hall–Kier alpha value is -2.89. The first-order valence-corrected chi connectivity index (χ1v) is 10.5. The standard InChI is InChI=1S/C23H19ClN2O2S/c1-2-28-19-12-13-20-21(14-19)29-23(25-20)26(15-16-6-4-3-5-7-16)22(27)17-8-10-18(24)11-9-17/h3-14H,2,15H2,1H3. The number of amides is 1. The molecule has 0 aliphatic carbocycles. The minimum atomic E-state index is -0.116. The fourth-order valence-corrected chi connectivity index (χ4v) is 4.12. The van der Waals surface area contributed by atoms with Crippen LogP contribution in [0, 0.1) is 0 Å². The van der Waals surface area contributed by atoms with Gasteiger partial charge in [-0.15, -0.1) is 0 Å². The van der Waals surface area contributed by atoms with Gasteiger partial charge in [0.2, 0.25) is 0 Å². The van der Waals surface area contributed by atoms with Crippen LogP contribution in [0.25, 0.3) is 10.2 Å². The van der Waals surface area contributed by atoms with Gasteiger partial charge in [0.25, 0.3) is 5.91 Å². The first kappa shape index (κ1) is 19.4. The summed E-state index contributed by atoms with van der Waals surface area (Å²) in [5.41, 5.74) is 2.44. The van der Waals surface area contributed by atoms with Gasteiger partial charge in [-0.3, -0.25) is 9.69 Å². The van der Waals surface area contributed by atoms with E-state index in [9.17, 15) is 4.79 Å². The van der Waals surface area contributed by atoms with Crippen LogP contribution in [0.1, 0.15) is 22.8 Å². The summed E-state index contributed by atoms with van der Waals surface area (Å²) in [4.78, 5) is 19.8. The fraction of sp³-hybridized carbons (Fsp3) is 0.130. The summed E-state index contributed by atoms with van der Waals surface area (Å²) in [5.74, 6) is 0.684. The molecule has 1 amide bonds. The molecule has 6 heteroatoms. The molecular weight excluding hydrogens is 404 g/mol. The molecule has 0 unspecified atom stereocenters. The normalized spacial score (nSPS) is 10.8. The smallest absolute Gasteiger partial charge is 0.260 e. The highest BCUT2D eigenvalue weighted by Gasteiger charge is 2.22. The molecule has 0 spiro atoms. The molecule has 0 saturated carbocycles. The van der Waals surface area contributed by atoms with Gasteiger partial charge in [0.15, 0.2) is 5.13 Å². The van der Waals surface area contributed by atoms with Crippen molar-refractivity contribution in [3.63, 3.8) is 0 Å². The van der Waals surface area contributed by atoms with Gasteiger partial charge in [0.05, 0.1) is 23.4 Å². The molecule has 1 aromatic heterocycles. The second-order valence-electron chi connectivity index (χ2n) is 6.44. The van der Waals surface area contributed by atoms with E-state index in [-0.39, 0.29) is 5.91 Å². The molecule has 0 N–H and O–H groups in total. The third kappa shape index (κ3) is 4.42. The van der Waals surface area contributed by atoms with Crippen LogP contribution in [-0.4, -0.2) is 17.5 Å². The number of benzene rings is 3. The maximum absolute atomic E-state index is 13.3. The zero-order chi connectivity index (χ0) is 20.2. The number of nitrogens with zero attached hydrogens (tertiary/aromatic N) is 2. The Morgan fingerprint density at radius 3 is 2.55 bits per heavy atom. The topological polar surface area (TPSA) is 42.4 Å². The summed E-state index contributed by atoms with van der Waals surface area (Å²) in [6.07, 6.45) is 0. The maximum atomic E-state index is 13.3. The second kappa shape index (κ2) is 8.64. The van der Waals surface area contributed by atoms with Crippen LogP contribution < -0.4 is 9.64 Å². The first-order valence-electron chi connectivity index (χ1n) is 9.29. The zero-order valence-electron chi connectivity index (χ0n) is 15.8. The number of fused-ring (bicyclic) bond motifs is 1. The summed E-state index contributed by atoms with van der Waals surface area (Å²) in [5, 5.41) is 1.25. The molecule has 146 valence electrons. The van der Waals surface area contributed by atoms with Gasteiger partial charge < -0.3 is 4.74 Å². The summed E-state index contributed by atoms with van der Waals surface area (Å²) in [6, 6.07) is 22.6. The van der Waals surface area contributed by atoms with E-state index in [2.05, 4.69) is 0 Å². The van der Waals surface area contributed by atoms with Gasteiger partial charge in [-0.2, -0.15) is 0 Å². The minimum Gasteiger partial charge on any atom is -0.494 e. The number of aromatic nitrogens is 1. The minimum absolute atomic E-state index is 0.116. The Kier molecular flexibility index (Phi) is 5.79. The SMILES string of the molecule is CCOc1ccc2nc(N(Cc3ccccc3)C(=O)c3ccc(Cl)cc3)sc2c1. The summed E-state index contributed by atoms with van der Waals surface area (Å²) in [7, 11) is 0. The summed E-state index contributed by atoms with van der Waals surface area (Å²) < 4.78 is 6.57. The lowest BCUT2D eigenvalue weighted by Gasteiger charge is -2.20. The van der Waals surface area contributed by atoms with E-state index in [1.807, 2.05) is 55.5 Å². The van der Waals surface area contributed by atoms with E-state index >= 15 is 0 Å². The fourth-order valence-electron chi connectivity index (χ4n) is 3.01. The van der Waals surface area contributed by atoms with Crippen molar-refractivity contribution in [3.8, 4) is 5.75 Å². The number of anilines is 1. The lowest BCUT2D eigenvalue weighted by molar-refractivity contribution is 0.0985. The summed E-state index contributed by atoms with van der Waals surface area (Å²) >= 11 is 7.47. The van der Waals surface area contributed by atoms with Crippen LogP contribution in [0.2, 0.25) is 5.02 Å². The molecule has 0 atom stereocenters. The van der Waals surface area contributed by atoms with E-state index in [1.54, 1.807) is 29.2 Å². The van der Waals surface area contributed by atoms with E-state index in [4.69, 9.17) is 21.3 Å². The lowest BCUT2D eigenvalue weighted by Crippen LogP contribution is -2.30. The van der Waals surface area contributed by atoms with Gasteiger partial charge in [-0.25, -0.2) is 4.98 Å². The van der Waals surface area contributed by atoms with Crippen LogP contribution in [0.5, 0.6) is 5.75 Å². The van der Waals surface area contributed by atoms with Gasteiger partial charge in [0, 0.05) is 10.6 Å². The molecule has 0 radical (unpaired) electrons. The number of halogens is 1. The Morgan fingerprint density at radius 1 is 1.07 bits per heavy atom. The zero-order valence-corrected chi connectivity index (χ0v) is 17.4. The molecule has 0 fully saturated rings. The van der Waals surface area contributed by atoms with Crippen molar-refractivity contribution in [3.05, 3.63) is 88.9 Å². The van der Waals surface area contributed by atoms with Crippen LogP contribution in [0.3, 0.4) is 0 Å². The second-order valence-corrected chi connectivity index (χ2v) is 7.89. The molecule has 3 aromatic carbocycles. The molecular formula is C23H19ClN2O2S. The van der Waals surface area contributed by atoms with Crippen molar-refractivity contribution in [1.82, 2.24) is 4.98 Å². The largest absolute Gasteiger partial charge is 0.494 e. The predicted octanol–water partition coefficient (Wildman–Crippen LogP) is 6.20. The monoisotopic (exact) mass is 422 g/mol. The molecule has 0 aliphatic heterocycles. The third-order valence-electron chi connectivity index (χ3n) is 4.41. The Bertz CT molecular complexity index is 1130. The van der Waals surface area contributed by atoms with Crippen LogP contribution in [0.4, 0.5) is 5.13 Å².